The van der Waals surface area contributed by atoms with Crippen molar-refractivity contribution < 1.29 is 8.78 Å². The van der Waals surface area contributed by atoms with Gasteiger partial charge in [0.1, 0.15) is 0 Å². The van der Waals surface area contributed by atoms with Crippen molar-refractivity contribution in [2.75, 3.05) is 5.73 Å². The van der Waals surface area contributed by atoms with Crippen LogP contribution in [0.3, 0.4) is 0 Å². The summed E-state index contributed by atoms with van der Waals surface area (Å²) in [5.74, 6) is -1.58. The average molecular weight is 273 g/mol. The molecule has 1 aromatic heterocycles. The molecule has 0 amide bonds. The van der Waals surface area contributed by atoms with E-state index in [0.29, 0.717) is 17.6 Å². The van der Waals surface area contributed by atoms with E-state index in [1.807, 2.05) is 31.2 Å². The smallest absolute Gasteiger partial charge is 0.201 e. The van der Waals surface area contributed by atoms with E-state index in [9.17, 15) is 8.78 Å². The first-order chi connectivity index (χ1) is 9.54. The van der Waals surface area contributed by atoms with Gasteiger partial charge in [0.2, 0.25) is 5.95 Å². The molecule has 3 nitrogen and oxygen atoms in total. The number of nitrogen functional groups attached to an aromatic ring is 1. The number of nitrogens with zero attached hydrogens (tertiary/aromatic N) is 2. The highest BCUT2D eigenvalue weighted by molar-refractivity contribution is 5.78. The van der Waals surface area contributed by atoms with Crippen LogP contribution in [0.1, 0.15) is 11.1 Å². The van der Waals surface area contributed by atoms with Crippen molar-refractivity contribution in [3.05, 3.63) is 59.2 Å². The maximum Gasteiger partial charge on any atom is 0.201 e. The number of anilines is 1. The number of fused-ring (bicyclic) bond motifs is 1. The summed E-state index contributed by atoms with van der Waals surface area (Å²) in [5, 5.41) is 0. The van der Waals surface area contributed by atoms with Gasteiger partial charge < -0.3 is 10.3 Å². The van der Waals surface area contributed by atoms with Gasteiger partial charge in [-0.15, -0.1) is 0 Å². The molecule has 0 spiro atoms. The second-order valence-corrected chi connectivity index (χ2v) is 4.80. The zero-order chi connectivity index (χ0) is 14.3. The summed E-state index contributed by atoms with van der Waals surface area (Å²) >= 11 is 0. The van der Waals surface area contributed by atoms with Crippen LogP contribution in [0.5, 0.6) is 0 Å². The minimum atomic E-state index is -0.919. The Bertz CT molecular complexity index is 776. The Balaban J connectivity index is 2.08. The minimum absolute atomic E-state index is 0.241. The van der Waals surface area contributed by atoms with E-state index in [-0.39, 0.29) is 5.95 Å². The lowest BCUT2D eigenvalue weighted by Crippen LogP contribution is -2.04. The van der Waals surface area contributed by atoms with Crippen molar-refractivity contribution in [3.8, 4) is 0 Å². The predicted molar refractivity (Wildman–Crippen MR) is 74.3 cm³/mol. The van der Waals surface area contributed by atoms with E-state index in [4.69, 9.17) is 5.73 Å². The fourth-order valence-electron chi connectivity index (χ4n) is 2.18. The van der Waals surface area contributed by atoms with E-state index in [2.05, 4.69) is 4.98 Å². The lowest BCUT2D eigenvalue weighted by Gasteiger charge is -2.07. The molecular weight excluding hydrogens is 260 g/mol. The Labute approximate surface area is 114 Å². The third kappa shape index (κ3) is 2.11. The maximum absolute atomic E-state index is 13.4. The molecule has 3 rings (SSSR count). The van der Waals surface area contributed by atoms with Crippen LogP contribution < -0.4 is 5.73 Å². The molecule has 0 bridgehead atoms. The van der Waals surface area contributed by atoms with Crippen molar-refractivity contribution in [1.29, 1.82) is 0 Å². The van der Waals surface area contributed by atoms with Crippen LogP contribution in [-0.2, 0) is 6.54 Å². The second-order valence-electron chi connectivity index (χ2n) is 4.80. The van der Waals surface area contributed by atoms with E-state index in [0.717, 1.165) is 23.3 Å². The molecule has 0 aliphatic heterocycles. The summed E-state index contributed by atoms with van der Waals surface area (Å²) in [6.45, 7) is 2.47. The molecule has 5 heteroatoms. The Hall–Kier alpha value is -2.43. The third-order valence-corrected chi connectivity index (χ3v) is 3.28. The maximum atomic E-state index is 13.4. The van der Waals surface area contributed by atoms with E-state index in [1.54, 1.807) is 4.57 Å². The monoisotopic (exact) mass is 273 g/mol. The van der Waals surface area contributed by atoms with Crippen molar-refractivity contribution >= 4 is 17.0 Å². The highest BCUT2D eigenvalue weighted by Crippen LogP contribution is 2.22. The molecule has 3 aromatic rings. The summed E-state index contributed by atoms with van der Waals surface area (Å²) in [7, 11) is 0. The molecule has 0 saturated heterocycles. The number of halogens is 2. The van der Waals surface area contributed by atoms with Crippen LogP contribution in [0.4, 0.5) is 14.7 Å². The van der Waals surface area contributed by atoms with Crippen LogP contribution >= 0.6 is 0 Å². The lowest BCUT2D eigenvalue weighted by molar-refractivity contribution is 0.510. The molecule has 2 aromatic carbocycles. The largest absolute Gasteiger partial charge is 0.369 e. The fourth-order valence-corrected chi connectivity index (χ4v) is 2.18. The summed E-state index contributed by atoms with van der Waals surface area (Å²) in [6, 6.07) is 10.1. The molecule has 2 N–H and O–H groups in total. The summed E-state index contributed by atoms with van der Waals surface area (Å²) in [6.07, 6.45) is 0. The fraction of sp³-hybridized carbons (Fsp3) is 0.133. The molecule has 0 radical (unpaired) electrons. The molecule has 102 valence electrons. The molecule has 0 unspecified atom stereocenters. The molecule has 0 atom stereocenters. The van der Waals surface area contributed by atoms with Crippen LogP contribution in [-0.4, -0.2) is 9.55 Å². The van der Waals surface area contributed by atoms with E-state index < -0.39 is 11.6 Å². The Kier molecular flexibility index (Phi) is 2.89. The molecular formula is C15H13F2N3. The zero-order valence-corrected chi connectivity index (χ0v) is 10.9. The van der Waals surface area contributed by atoms with Gasteiger partial charge in [-0.1, -0.05) is 29.8 Å². The molecule has 1 heterocycles. The van der Waals surface area contributed by atoms with Crippen LogP contribution in [0.2, 0.25) is 0 Å². The van der Waals surface area contributed by atoms with Gasteiger partial charge in [0, 0.05) is 12.1 Å². The number of aromatic nitrogens is 2. The standard InChI is InChI=1S/C15H13F2N3/c1-9-2-4-10(5-3-9)8-20-14-7-12(17)11(16)6-13(14)19-15(20)18/h2-7H,8H2,1H3,(H2,18,19). The van der Waals surface area contributed by atoms with Crippen molar-refractivity contribution in [2.24, 2.45) is 0 Å². The number of benzene rings is 2. The topological polar surface area (TPSA) is 43.8 Å². The highest BCUT2D eigenvalue weighted by atomic mass is 19.2. The van der Waals surface area contributed by atoms with Crippen molar-refractivity contribution in [3.63, 3.8) is 0 Å². The van der Waals surface area contributed by atoms with Crippen LogP contribution in [0.25, 0.3) is 11.0 Å². The number of nitrogens with two attached hydrogens (primary N) is 1. The number of aryl methyl sites for hydroxylation is 1. The zero-order valence-electron chi connectivity index (χ0n) is 10.9. The molecule has 0 aliphatic carbocycles. The van der Waals surface area contributed by atoms with Gasteiger partial charge in [-0.2, -0.15) is 0 Å². The van der Waals surface area contributed by atoms with Gasteiger partial charge in [0.05, 0.1) is 17.6 Å². The van der Waals surface area contributed by atoms with Gasteiger partial charge in [0.15, 0.2) is 11.6 Å². The van der Waals surface area contributed by atoms with Crippen LogP contribution in [0, 0.1) is 18.6 Å². The van der Waals surface area contributed by atoms with Gasteiger partial charge in [-0.25, -0.2) is 13.8 Å². The second kappa shape index (κ2) is 4.59. The number of hydrogen-bond acceptors (Lipinski definition) is 2. The molecule has 0 aliphatic rings. The summed E-state index contributed by atoms with van der Waals surface area (Å²) in [4.78, 5) is 4.06. The summed E-state index contributed by atoms with van der Waals surface area (Å²) < 4.78 is 28.2. The van der Waals surface area contributed by atoms with Gasteiger partial charge >= 0.3 is 0 Å². The molecule has 20 heavy (non-hydrogen) atoms. The number of hydrogen-bond donors (Lipinski definition) is 1. The van der Waals surface area contributed by atoms with Crippen LogP contribution in [0.15, 0.2) is 36.4 Å². The van der Waals surface area contributed by atoms with Crippen molar-refractivity contribution in [1.82, 2.24) is 9.55 Å². The van der Waals surface area contributed by atoms with Gasteiger partial charge in [-0.3, -0.25) is 0 Å². The average Bonchev–Trinajstić information content (AvgIpc) is 2.69. The first-order valence-electron chi connectivity index (χ1n) is 6.21. The first kappa shape index (κ1) is 12.6. The number of imidazole rings is 1. The quantitative estimate of drug-likeness (QED) is 0.779. The third-order valence-electron chi connectivity index (χ3n) is 3.28. The summed E-state index contributed by atoms with van der Waals surface area (Å²) in [5.41, 5.74) is 8.86. The van der Waals surface area contributed by atoms with Gasteiger partial charge in [0.25, 0.3) is 0 Å². The predicted octanol–water partition coefficient (Wildman–Crippen LogP) is 3.25. The van der Waals surface area contributed by atoms with E-state index in [1.165, 1.54) is 0 Å². The molecule has 0 fully saturated rings. The van der Waals surface area contributed by atoms with Gasteiger partial charge in [-0.05, 0) is 12.5 Å². The molecule has 0 saturated carbocycles. The lowest BCUT2D eigenvalue weighted by atomic mass is 10.1. The Morgan fingerprint density at radius 3 is 2.45 bits per heavy atom. The highest BCUT2D eigenvalue weighted by Gasteiger charge is 2.12. The SMILES string of the molecule is Cc1ccc(Cn2c(N)nc3cc(F)c(F)cc32)cc1. The first-order valence-corrected chi connectivity index (χ1v) is 6.21. The number of rotatable bonds is 2. The minimum Gasteiger partial charge on any atom is -0.369 e. The van der Waals surface area contributed by atoms with Crippen molar-refractivity contribution in [2.45, 2.75) is 13.5 Å². The van der Waals surface area contributed by atoms with E-state index >= 15 is 0 Å². The normalized spacial score (nSPS) is 11.2. The Morgan fingerprint density at radius 1 is 1.10 bits per heavy atom. The Morgan fingerprint density at radius 2 is 1.75 bits per heavy atom.